The van der Waals surface area contributed by atoms with Crippen LogP contribution < -0.4 is 10.6 Å². The lowest BCUT2D eigenvalue weighted by Gasteiger charge is -2.08. The Morgan fingerprint density at radius 1 is 1.17 bits per heavy atom. The number of rotatable bonds is 5. The van der Waals surface area contributed by atoms with Gasteiger partial charge < -0.3 is 15.7 Å². The van der Waals surface area contributed by atoms with Gasteiger partial charge in [0.2, 0.25) is 0 Å². The maximum absolute atomic E-state index is 8.77. The van der Waals surface area contributed by atoms with Crippen LogP contribution >= 0.6 is 0 Å². The van der Waals surface area contributed by atoms with Crippen molar-refractivity contribution in [1.82, 2.24) is 15.0 Å². The van der Waals surface area contributed by atoms with E-state index in [0.29, 0.717) is 24.0 Å². The van der Waals surface area contributed by atoms with E-state index in [9.17, 15) is 0 Å². The lowest BCUT2D eigenvalue weighted by atomic mass is 10.4. The van der Waals surface area contributed by atoms with Crippen LogP contribution in [0.3, 0.4) is 0 Å². The number of pyridine rings is 1. The minimum Gasteiger partial charge on any atom is -0.395 e. The molecule has 0 amide bonds. The van der Waals surface area contributed by atoms with E-state index in [1.807, 2.05) is 25.1 Å². The Labute approximate surface area is 105 Å². The molecule has 2 heterocycles. The number of nitrogens with zero attached hydrogens (tertiary/aromatic N) is 3. The number of nitrogens with one attached hydrogen (secondary N) is 2. The minimum atomic E-state index is 0.0616. The molecule has 18 heavy (non-hydrogen) atoms. The molecule has 0 spiro atoms. The van der Waals surface area contributed by atoms with E-state index in [0.717, 1.165) is 5.82 Å². The number of anilines is 3. The van der Waals surface area contributed by atoms with E-state index < -0.39 is 0 Å². The summed E-state index contributed by atoms with van der Waals surface area (Å²) in [6.45, 7) is 2.33. The van der Waals surface area contributed by atoms with Crippen molar-refractivity contribution in [1.29, 1.82) is 0 Å². The second-order valence-corrected chi connectivity index (χ2v) is 3.68. The van der Waals surface area contributed by atoms with E-state index in [1.54, 1.807) is 12.3 Å². The topological polar surface area (TPSA) is 83.0 Å². The molecule has 2 aromatic heterocycles. The maximum Gasteiger partial charge on any atom is 0.137 e. The van der Waals surface area contributed by atoms with Crippen molar-refractivity contribution < 1.29 is 5.11 Å². The van der Waals surface area contributed by atoms with Crippen LogP contribution in [0.5, 0.6) is 0 Å². The molecule has 0 saturated carbocycles. The van der Waals surface area contributed by atoms with Crippen LogP contribution in [0, 0.1) is 6.92 Å². The Morgan fingerprint density at radius 3 is 2.72 bits per heavy atom. The van der Waals surface area contributed by atoms with Gasteiger partial charge in [0.05, 0.1) is 6.61 Å². The number of aliphatic hydroxyl groups is 1. The van der Waals surface area contributed by atoms with E-state index >= 15 is 0 Å². The van der Waals surface area contributed by atoms with Crippen molar-refractivity contribution in [3.8, 4) is 0 Å². The SMILES string of the molecule is Cc1nc(NCCO)cc(Nc2ccccn2)n1. The Morgan fingerprint density at radius 2 is 2.00 bits per heavy atom. The molecule has 0 aliphatic carbocycles. The Bertz CT molecular complexity index is 503. The van der Waals surface area contributed by atoms with Crippen molar-refractivity contribution in [3.63, 3.8) is 0 Å². The van der Waals surface area contributed by atoms with E-state index in [1.165, 1.54) is 0 Å². The molecule has 3 N–H and O–H groups in total. The molecule has 0 atom stereocenters. The average Bonchev–Trinajstić information content (AvgIpc) is 2.37. The quantitative estimate of drug-likeness (QED) is 0.737. The van der Waals surface area contributed by atoms with E-state index in [-0.39, 0.29) is 6.61 Å². The summed E-state index contributed by atoms with van der Waals surface area (Å²) in [6.07, 6.45) is 1.71. The second kappa shape index (κ2) is 5.92. The van der Waals surface area contributed by atoms with Gasteiger partial charge in [0, 0.05) is 18.8 Å². The molecule has 0 aromatic carbocycles. The molecular formula is C12H15N5O. The molecule has 0 unspecified atom stereocenters. The highest BCUT2D eigenvalue weighted by Crippen LogP contribution is 2.15. The summed E-state index contributed by atoms with van der Waals surface area (Å²) in [4.78, 5) is 12.7. The third-order valence-electron chi connectivity index (χ3n) is 2.18. The molecule has 0 fully saturated rings. The third-order valence-corrected chi connectivity index (χ3v) is 2.18. The highest BCUT2D eigenvalue weighted by atomic mass is 16.3. The predicted molar refractivity (Wildman–Crippen MR) is 69.9 cm³/mol. The Kier molecular flexibility index (Phi) is 4.03. The van der Waals surface area contributed by atoms with Crippen LogP contribution in [-0.4, -0.2) is 33.2 Å². The monoisotopic (exact) mass is 245 g/mol. The second-order valence-electron chi connectivity index (χ2n) is 3.68. The first-order chi connectivity index (χ1) is 8.78. The van der Waals surface area contributed by atoms with E-state index in [2.05, 4.69) is 25.6 Å². The number of aryl methyl sites for hydroxylation is 1. The number of hydrogen-bond acceptors (Lipinski definition) is 6. The van der Waals surface area contributed by atoms with Gasteiger partial charge in [-0.2, -0.15) is 0 Å². The van der Waals surface area contributed by atoms with Crippen LogP contribution in [0.1, 0.15) is 5.82 Å². The van der Waals surface area contributed by atoms with Crippen molar-refractivity contribution >= 4 is 17.5 Å². The third kappa shape index (κ3) is 3.39. The van der Waals surface area contributed by atoms with Gasteiger partial charge >= 0.3 is 0 Å². The molecule has 2 aromatic rings. The molecule has 0 bridgehead atoms. The molecule has 94 valence electrons. The summed E-state index contributed by atoms with van der Waals surface area (Å²) >= 11 is 0. The maximum atomic E-state index is 8.77. The predicted octanol–water partition coefficient (Wildman–Crippen LogP) is 1.33. The van der Waals surface area contributed by atoms with Crippen LogP contribution in [0.15, 0.2) is 30.5 Å². The number of hydrogen-bond donors (Lipinski definition) is 3. The van der Waals surface area contributed by atoms with Gasteiger partial charge in [0.25, 0.3) is 0 Å². The van der Waals surface area contributed by atoms with Gasteiger partial charge in [0.15, 0.2) is 0 Å². The largest absolute Gasteiger partial charge is 0.395 e. The fraction of sp³-hybridized carbons (Fsp3) is 0.250. The first-order valence-corrected chi connectivity index (χ1v) is 5.66. The summed E-state index contributed by atoms with van der Waals surface area (Å²) < 4.78 is 0. The van der Waals surface area contributed by atoms with Crippen LogP contribution in [0.2, 0.25) is 0 Å². The fourth-order valence-electron chi connectivity index (χ4n) is 1.47. The van der Waals surface area contributed by atoms with Gasteiger partial charge in [-0.3, -0.25) is 0 Å². The molecule has 6 heteroatoms. The zero-order valence-corrected chi connectivity index (χ0v) is 10.1. The van der Waals surface area contributed by atoms with Crippen LogP contribution in [0.25, 0.3) is 0 Å². The first-order valence-electron chi connectivity index (χ1n) is 5.66. The Balaban J connectivity index is 2.15. The smallest absolute Gasteiger partial charge is 0.137 e. The standard InChI is InChI=1S/C12H15N5O/c1-9-15-11(14-6-7-18)8-12(16-9)17-10-4-2-3-5-13-10/h2-5,8,18H,6-7H2,1H3,(H2,13,14,15,16,17). The van der Waals surface area contributed by atoms with Gasteiger partial charge in [0.1, 0.15) is 23.3 Å². The molecule has 2 rings (SSSR count). The van der Waals surface area contributed by atoms with Crippen LogP contribution in [-0.2, 0) is 0 Å². The van der Waals surface area contributed by atoms with Gasteiger partial charge in [-0.1, -0.05) is 6.07 Å². The minimum absolute atomic E-state index is 0.0616. The molecule has 0 saturated heterocycles. The highest BCUT2D eigenvalue weighted by Gasteiger charge is 2.02. The summed E-state index contributed by atoms with van der Waals surface area (Å²) in [5.74, 6) is 2.72. The van der Waals surface area contributed by atoms with Crippen molar-refractivity contribution in [2.75, 3.05) is 23.8 Å². The lowest BCUT2D eigenvalue weighted by molar-refractivity contribution is 0.311. The van der Waals surface area contributed by atoms with Crippen molar-refractivity contribution in [2.45, 2.75) is 6.92 Å². The lowest BCUT2D eigenvalue weighted by Crippen LogP contribution is -2.09. The average molecular weight is 245 g/mol. The van der Waals surface area contributed by atoms with Gasteiger partial charge in [-0.25, -0.2) is 15.0 Å². The normalized spacial score (nSPS) is 10.1. The summed E-state index contributed by atoms with van der Waals surface area (Å²) in [5, 5.41) is 14.9. The zero-order chi connectivity index (χ0) is 12.8. The number of aliphatic hydroxyl groups excluding tert-OH is 1. The molecule has 0 aliphatic rings. The fourth-order valence-corrected chi connectivity index (χ4v) is 1.47. The summed E-state index contributed by atoms with van der Waals surface area (Å²) in [5.41, 5.74) is 0. The Hall–Kier alpha value is -2.21. The molecular weight excluding hydrogens is 230 g/mol. The summed E-state index contributed by atoms with van der Waals surface area (Å²) in [6, 6.07) is 7.38. The number of aromatic nitrogens is 3. The van der Waals surface area contributed by atoms with Gasteiger partial charge in [-0.05, 0) is 19.1 Å². The van der Waals surface area contributed by atoms with Crippen LogP contribution in [0.4, 0.5) is 17.5 Å². The van der Waals surface area contributed by atoms with Crippen molar-refractivity contribution in [3.05, 3.63) is 36.3 Å². The molecule has 0 radical (unpaired) electrons. The molecule has 6 nitrogen and oxygen atoms in total. The molecule has 0 aliphatic heterocycles. The van der Waals surface area contributed by atoms with Crippen molar-refractivity contribution in [2.24, 2.45) is 0 Å². The van der Waals surface area contributed by atoms with E-state index in [4.69, 9.17) is 5.11 Å². The zero-order valence-electron chi connectivity index (χ0n) is 10.1. The van der Waals surface area contributed by atoms with Gasteiger partial charge in [-0.15, -0.1) is 0 Å². The summed E-state index contributed by atoms with van der Waals surface area (Å²) in [7, 11) is 0. The first kappa shape index (κ1) is 12.3. The highest BCUT2D eigenvalue weighted by molar-refractivity contribution is 5.55.